The number of nitrogens with one attached hydrogen (secondary N) is 1. The second kappa shape index (κ2) is 4.56. The number of rotatable bonds is 2. The number of nitrogens with zero attached hydrogens (tertiary/aromatic N) is 1. The van der Waals surface area contributed by atoms with Gasteiger partial charge in [0.25, 0.3) is 0 Å². The van der Waals surface area contributed by atoms with Gasteiger partial charge >= 0.3 is 0 Å². The van der Waals surface area contributed by atoms with Gasteiger partial charge in [0.2, 0.25) is 5.91 Å². The second-order valence-corrected chi connectivity index (χ2v) is 6.34. The molecule has 21 heavy (non-hydrogen) atoms. The van der Waals surface area contributed by atoms with Crippen molar-refractivity contribution in [3.8, 4) is 0 Å². The highest BCUT2D eigenvalue weighted by molar-refractivity contribution is 5.95. The first-order valence-corrected chi connectivity index (χ1v) is 7.55. The van der Waals surface area contributed by atoms with Crippen LogP contribution in [0.2, 0.25) is 0 Å². The van der Waals surface area contributed by atoms with Gasteiger partial charge in [0.15, 0.2) is 11.5 Å². The number of aromatic nitrogens is 1. The van der Waals surface area contributed by atoms with E-state index in [9.17, 15) is 4.79 Å². The molecule has 0 aliphatic heterocycles. The molecule has 5 nitrogen and oxygen atoms in total. The molecule has 4 unspecified atom stereocenters. The van der Waals surface area contributed by atoms with Crippen LogP contribution < -0.4 is 11.1 Å². The first-order chi connectivity index (χ1) is 10.1. The van der Waals surface area contributed by atoms with E-state index in [1.165, 1.54) is 6.42 Å². The van der Waals surface area contributed by atoms with Crippen molar-refractivity contribution < 1.29 is 9.21 Å². The monoisotopic (exact) mass is 285 g/mol. The molecule has 2 aliphatic carbocycles. The maximum Gasteiger partial charge on any atom is 0.229 e. The van der Waals surface area contributed by atoms with Crippen LogP contribution in [0.3, 0.4) is 0 Å². The van der Waals surface area contributed by atoms with E-state index in [0.717, 1.165) is 24.0 Å². The predicted octanol–water partition coefficient (Wildman–Crippen LogP) is 2.45. The average molecular weight is 285 g/mol. The Hall–Kier alpha value is -1.88. The number of amides is 1. The van der Waals surface area contributed by atoms with E-state index in [1.807, 2.05) is 25.1 Å². The molecule has 4 rings (SSSR count). The van der Waals surface area contributed by atoms with Crippen molar-refractivity contribution in [3.05, 3.63) is 24.1 Å². The summed E-state index contributed by atoms with van der Waals surface area (Å²) in [7, 11) is 0. The molecule has 4 atom stereocenters. The van der Waals surface area contributed by atoms with E-state index in [-0.39, 0.29) is 17.9 Å². The quantitative estimate of drug-likeness (QED) is 0.888. The third kappa shape index (κ3) is 2.03. The number of anilines is 1. The number of hydrogen-bond donors (Lipinski definition) is 2. The number of hydrogen-bond acceptors (Lipinski definition) is 4. The standard InChI is InChI=1S/C16H19N3O2/c1-8-18-12-5-4-11(7-13(12)21-8)19-16(20)14-9-2-3-10(6-9)15(14)17/h4-5,7,9-10,14-15H,2-3,6,17H2,1H3,(H,19,20). The second-order valence-electron chi connectivity index (χ2n) is 6.34. The molecule has 0 saturated heterocycles. The van der Waals surface area contributed by atoms with Gasteiger partial charge in [-0.25, -0.2) is 4.98 Å². The van der Waals surface area contributed by atoms with E-state index >= 15 is 0 Å². The fourth-order valence-electron chi connectivity index (χ4n) is 4.07. The molecule has 1 aromatic heterocycles. The molecule has 0 spiro atoms. The highest BCUT2D eigenvalue weighted by Gasteiger charge is 2.49. The molecule has 2 aromatic rings. The van der Waals surface area contributed by atoms with Gasteiger partial charge < -0.3 is 15.5 Å². The van der Waals surface area contributed by atoms with Gasteiger partial charge in [-0.3, -0.25) is 4.79 Å². The van der Waals surface area contributed by atoms with Gasteiger partial charge in [0.05, 0.1) is 5.92 Å². The lowest BCUT2D eigenvalue weighted by atomic mass is 9.84. The summed E-state index contributed by atoms with van der Waals surface area (Å²) in [5, 5.41) is 2.99. The Kier molecular flexibility index (Phi) is 2.79. The van der Waals surface area contributed by atoms with Crippen molar-refractivity contribution in [1.29, 1.82) is 0 Å². The third-order valence-corrected chi connectivity index (χ3v) is 5.05. The van der Waals surface area contributed by atoms with Gasteiger partial charge in [0, 0.05) is 24.7 Å². The van der Waals surface area contributed by atoms with Crippen LogP contribution in [0, 0.1) is 24.7 Å². The lowest BCUT2D eigenvalue weighted by molar-refractivity contribution is -0.121. The SMILES string of the molecule is Cc1nc2ccc(NC(=O)C3C4CCC(C4)C3N)cc2o1. The molecule has 2 aliphatic rings. The van der Waals surface area contributed by atoms with Crippen LogP contribution in [0.5, 0.6) is 0 Å². The summed E-state index contributed by atoms with van der Waals surface area (Å²) in [6, 6.07) is 5.56. The molecule has 1 heterocycles. The van der Waals surface area contributed by atoms with Crippen molar-refractivity contribution in [1.82, 2.24) is 4.98 Å². The van der Waals surface area contributed by atoms with Crippen LogP contribution in [0.15, 0.2) is 22.6 Å². The molecular formula is C16H19N3O2. The van der Waals surface area contributed by atoms with Crippen LogP contribution in [0.1, 0.15) is 25.2 Å². The lowest BCUT2D eigenvalue weighted by Crippen LogP contribution is -2.42. The number of carbonyl (C=O) groups excluding carboxylic acids is 1. The summed E-state index contributed by atoms with van der Waals surface area (Å²) >= 11 is 0. The molecule has 1 aromatic carbocycles. The largest absolute Gasteiger partial charge is 0.441 e. The summed E-state index contributed by atoms with van der Waals surface area (Å²) in [4.78, 5) is 16.8. The Morgan fingerprint density at radius 2 is 2.19 bits per heavy atom. The molecule has 2 saturated carbocycles. The topological polar surface area (TPSA) is 81.2 Å². The zero-order chi connectivity index (χ0) is 14.6. The van der Waals surface area contributed by atoms with Gasteiger partial charge in [0.1, 0.15) is 5.52 Å². The Bertz CT molecular complexity index is 707. The van der Waals surface area contributed by atoms with Crippen LogP contribution in [-0.4, -0.2) is 16.9 Å². The van der Waals surface area contributed by atoms with Crippen molar-refractivity contribution in [2.45, 2.75) is 32.2 Å². The number of benzene rings is 1. The van der Waals surface area contributed by atoms with E-state index in [2.05, 4.69) is 10.3 Å². The number of aryl methyl sites for hydroxylation is 1. The maximum absolute atomic E-state index is 12.5. The van der Waals surface area contributed by atoms with Gasteiger partial charge in [-0.2, -0.15) is 0 Å². The molecule has 1 amide bonds. The number of oxazole rings is 1. The number of fused-ring (bicyclic) bond motifs is 3. The molecule has 2 bridgehead atoms. The van der Waals surface area contributed by atoms with Crippen LogP contribution in [0.4, 0.5) is 5.69 Å². The van der Waals surface area contributed by atoms with E-state index < -0.39 is 0 Å². The van der Waals surface area contributed by atoms with Gasteiger partial charge in [-0.1, -0.05) is 0 Å². The summed E-state index contributed by atoms with van der Waals surface area (Å²) in [6.07, 6.45) is 3.43. The van der Waals surface area contributed by atoms with Crippen molar-refractivity contribution >= 4 is 22.7 Å². The molecule has 110 valence electrons. The molecule has 2 fully saturated rings. The Labute approximate surface area is 122 Å². The smallest absolute Gasteiger partial charge is 0.229 e. The summed E-state index contributed by atoms with van der Waals surface area (Å²) < 4.78 is 5.50. The van der Waals surface area contributed by atoms with Crippen molar-refractivity contribution in [2.24, 2.45) is 23.5 Å². The average Bonchev–Trinajstić information content (AvgIpc) is 3.10. The fraction of sp³-hybridized carbons (Fsp3) is 0.500. The highest BCUT2D eigenvalue weighted by Crippen LogP contribution is 2.47. The number of nitrogens with two attached hydrogens (primary N) is 1. The normalized spacial score (nSPS) is 31.0. The minimum absolute atomic E-state index is 0.0139. The minimum atomic E-state index is -0.0455. The Balaban J connectivity index is 1.55. The Morgan fingerprint density at radius 3 is 2.95 bits per heavy atom. The van der Waals surface area contributed by atoms with Gasteiger partial charge in [-0.05, 0) is 43.2 Å². The molecule has 0 radical (unpaired) electrons. The first kappa shape index (κ1) is 12.8. The summed E-state index contributed by atoms with van der Waals surface area (Å²) in [5.41, 5.74) is 8.48. The van der Waals surface area contributed by atoms with Crippen molar-refractivity contribution in [2.75, 3.05) is 5.32 Å². The third-order valence-electron chi connectivity index (χ3n) is 5.05. The molecule has 3 N–H and O–H groups in total. The van der Waals surface area contributed by atoms with E-state index in [1.54, 1.807) is 0 Å². The highest BCUT2D eigenvalue weighted by atomic mass is 16.3. The van der Waals surface area contributed by atoms with Crippen LogP contribution in [-0.2, 0) is 4.79 Å². The van der Waals surface area contributed by atoms with Crippen molar-refractivity contribution in [3.63, 3.8) is 0 Å². The summed E-state index contributed by atoms with van der Waals surface area (Å²) in [5.74, 6) is 1.62. The maximum atomic E-state index is 12.5. The molecular weight excluding hydrogens is 266 g/mol. The minimum Gasteiger partial charge on any atom is -0.441 e. The van der Waals surface area contributed by atoms with E-state index in [4.69, 9.17) is 10.2 Å². The Morgan fingerprint density at radius 1 is 1.38 bits per heavy atom. The fourth-order valence-corrected chi connectivity index (χ4v) is 4.07. The molecule has 5 heteroatoms. The number of carbonyl (C=O) groups is 1. The van der Waals surface area contributed by atoms with Crippen LogP contribution in [0.25, 0.3) is 11.1 Å². The zero-order valence-electron chi connectivity index (χ0n) is 12.0. The van der Waals surface area contributed by atoms with E-state index in [0.29, 0.717) is 23.3 Å². The first-order valence-electron chi connectivity index (χ1n) is 7.55. The lowest BCUT2D eigenvalue weighted by Gasteiger charge is -2.26. The zero-order valence-corrected chi connectivity index (χ0v) is 12.0. The summed E-state index contributed by atoms with van der Waals surface area (Å²) in [6.45, 7) is 1.81. The van der Waals surface area contributed by atoms with Crippen LogP contribution >= 0.6 is 0 Å². The van der Waals surface area contributed by atoms with Gasteiger partial charge in [-0.15, -0.1) is 0 Å². The predicted molar refractivity (Wildman–Crippen MR) is 79.7 cm³/mol.